The average molecular weight is 557 g/mol. The molecule has 1 fully saturated rings. The molecule has 10 heteroatoms. The van der Waals surface area contributed by atoms with Gasteiger partial charge in [0.2, 0.25) is 0 Å². The second kappa shape index (κ2) is 12.8. The van der Waals surface area contributed by atoms with E-state index in [1.54, 1.807) is 23.1 Å². The molecule has 8 nitrogen and oxygen atoms in total. The topological polar surface area (TPSA) is 116 Å². The summed E-state index contributed by atoms with van der Waals surface area (Å²) in [6.07, 6.45) is 5.62. The van der Waals surface area contributed by atoms with Gasteiger partial charge in [0.1, 0.15) is 5.02 Å². The molecule has 0 radical (unpaired) electrons. The molecule has 1 heterocycles. The first-order valence-electron chi connectivity index (χ1n) is 12.4. The van der Waals surface area contributed by atoms with Crippen molar-refractivity contribution in [3.63, 3.8) is 0 Å². The lowest BCUT2D eigenvalue weighted by Crippen LogP contribution is -2.42. The Morgan fingerprint density at radius 2 is 1.76 bits per heavy atom. The number of carbonyl (C=O) groups excluding carboxylic acids is 1. The summed E-state index contributed by atoms with van der Waals surface area (Å²) in [5, 5.41) is 21.6. The number of benzene rings is 2. The van der Waals surface area contributed by atoms with Crippen molar-refractivity contribution in [1.82, 2.24) is 5.32 Å². The van der Waals surface area contributed by atoms with E-state index in [0.29, 0.717) is 35.1 Å². The van der Waals surface area contributed by atoms with Gasteiger partial charge in [-0.15, -0.1) is 11.3 Å². The molecule has 0 atom stereocenters. The smallest absolute Gasteiger partial charge is 0.349 e. The Kier molecular flexibility index (Phi) is 9.25. The highest BCUT2D eigenvalue weighted by Crippen LogP contribution is 2.46. The molecule has 0 spiro atoms. The average Bonchev–Trinajstić information content (AvgIpc) is 3.26. The number of nitrogens with one attached hydrogen (secondary N) is 1. The molecule has 200 valence electrons. The van der Waals surface area contributed by atoms with E-state index >= 15 is 0 Å². The SMILES string of the molecule is O=C(O)COc1c(C(=O)O)sc(-c2cccc(N(CC3CCCCC3)C(=O)NCc3ccccc3)c2)c1Cl. The number of hydrogen-bond acceptors (Lipinski definition) is 5. The van der Waals surface area contributed by atoms with E-state index < -0.39 is 18.5 Å². The summed E-state index contributed by atoms with van der Waals surface area (Å²) in [6, 6.07) is 16.7. The monoisotopic (exact) mass is 556 g/mol. The molecule has 0 aliphatic heterocycles. The number of urea groups is 1. The number of halogens is 1. The predicted molar refractivity (Wildman–Crippen MR) is 147 cm³/mol. The molecule has 3 N–H and O–H groups in total. The molecule has 2 aromatic carbocycles. The van der Waals surface area contributed by atoms with Crippen LogP contribution < -0.4 is 15.0 Å². The minimum absolute atomic E-state index is 0.0261. The maximum atomic E-state index is 13.4. The maximum Gasteiger partial charge on any atom is 0.349 e. The normalized spacial score (nSPS) is 13.6. The van der Waals surface area contributed by atoms with Crippen molar-refractivity contribution in [3.05, 3.63) is 70.1 Å². The van der Waals surface area contributed by atoms with Gasteiger partial charge in [-0.3, -0.25) is 4.90 Å². The van der Waals surface area contributed by atoms with Crippen LogP contribution in [0.5, 0.6) is 5.75 Å². The van der Waals surface area contributed by atoms with E-state index in [9.17, 15) is 19.5 Å². The Bertz CT molecular complexity index is 1290. The van der Waals surface area contributed by atoms with Gasteiger partial charge in [-0.25, -0.2) is 14.4 Å². The van der Waals surface area contributed by atoms with Crippen molar-refractivity contribution in [3.8, 4) is 16.2 Å². The fraction of sp³-hybridized carbons (Fsp3) is 0.321. The molecule has 1 saturated carbocycles. The van der Waals surface area contributed by atoms with Crippen LogP contribution in [-0.4, -0.2) is 41.3 Å². The van der Waals surface area contributed by atoms with Gasteiger partial charge in [-0.1, -0.05) is 73.3 Å². The number of ether oxygens (including phenoxy) is 1. The van der Waals surface area contributed by atoms with Gasteiger partial charge in [0.05, 0.1) is 4.88 Å². The number of hydrogen-bond donors (Lipinski definition) is 3. The predicted octanol–water partition coefficient (Wildman–Crippen LogP) is 6.53. The van der Waals surface area contributed by atoms with Crippen LogP contribution in [0.15, 0.2) is 54.6 Å². The molecule has 0 saturated heterocycles. The number of aromatic carboxylic acids is 1. The Morgan fingerprint density at radius 1 is 1.03 bits per heavy atom. The highest BCUT2D eigenvalue weighted by atomic mass is 35.5. The number of aliphatic carboxylic acids is 1. The van der Waals surface area contributed by atoms with Gasteiger partial charge in [0, 0.05) is 18.8 Å². The third kappa shape index (κ3) is 6.85. The molecule has 1 aliphatic rings. The van der Waals surface area contributed by atoms with Crippen molar-refractivity contribution >= 4 is 46.6 Å². The summed E-state index contributed by atoms with van der Waals surface area (Å²) in [5.41, 5.74) is 2.26. The number of carboxylic acid groups (broad SMARTS) is 2. The molecule has 4 rings (SSSR count). The van der Waals surface area contributed by atoms with E-state index in [1.165, 1.54) is 6.42 Å². The standard InChI is InChI=1S/C28H29ClN2O6S/c29-23-24(37-17-22(32)33)26(27(34)35)38-25(23)20-12-7-13-21(14-20)31(16-19-10-5-2-6-11-19)28(36)30-15-18-8-3-1-4-9-18/h1,3-4,7-9,12-14,19H,2,5-6,10-11,15-17H2,(H,30,36)(H,32,33)(H,34,35). The third-order valence-corrected chi connectivity index (χ3v) is 8.14. The first-order valence-corrected chi connectivity index (χ1v) is 13.6. The molecule has 0 unspecified atom stereocenters. The van der Waals surface area contributed by atoms with Crippen LogP contribution in [0.25, 0.3) is 10.4 Å². The Hall–Kier alpha value is -3.56. The van der Waals surface area contributed by atoms with Crippen LogP contribution in [0, 0.1) is 5.92 Å². The Labute approximate surface area is 229 Å². The number of carbonyl (C=O) groups is 3. The molecular formula is C28H29ClN2O6S. The summed E-state index contributed by atoms with van der Waals surface area (Å²) in [6.45, 7) is 0.242. The number of nitrogens with zero attached hydrogens (tertiary/aromatic N) is 1. The van der Waals surface area contributed by atoms with Gasteiger partial charge in [-0.05, 0) is 42.0 Å². The number of carboxylic acids is 2. The number of thiophene rings is 1. The quantitative estimate of drug-likeness (QED) is 0.261. The Morgan fingerprint density at radius 3 is 2.45 bits per heavy atom. The maximum absolute atomic E-state index is 13.4. The molecule has 2 amide bonds. The van der Waals surface area contributed by atoms with Crippen LogP contribution in [0.4, 0.5) is 10.5 Å². The van der Waals surface area contributed by atoms with Crippen LogP contribution in [0.2, 0.25) is 5.02 Å². The van der Waals surface area contributed by atoms with Gasteiger partial charge in [-0.2, -0.15) is 0 Å². The first-order chi connectivity index (χ1) is 18.3. The van der Waals surface area contributed by atoms with Gasteiger partial charge < -0.3 is 20.3 Å². The summed E-state index contributed by atoms with van der Waals surface area (Å²) in [7, 11) is 0. The number of amides is 2. The van der Waals surface area contributed by atoms with Crippen molar-refractivity contribution in [2.45, 2.75) is 38.6 Å². The highest BCUT2D eigenvalue weighted by Gasteiger charge is 2.26. The molecule has 38 heavy (non-hydrogen) atoms. The van der Waals surface area contributed by atoms with E-state index in [1.807, 2.05) is 36.4 Å². The lowest BCUT2D eigenvalue weighted by Gasteiger charge is -2.30. The molecule has 3 aromatic rings. The fourth-order valence-corrected chi connectivity index (χ4v) is 6.00. The Balaban J connectivity index is 1.64. The summed E-state index contributed by atoms with van der Waals surface area (Å²) in [4.78, 5) is 38.2. The second-order valence-corrected chi connectivity index (χ2v) is 10.6. The lowest BCUT2D eigenvalue weighted by molar-refractivity contribution is -0.139. The second-order valence-electron chi connectivity index (χ2n) is 9.20. The number of rotatable bonds is 10. The highest BCUT2D eigenvalue weighted by molar-refractivity contribution is 7.18. The van der Waals surface area contributed by atoms with Crippen LogP contribution in [-0.2, 0) is 11.3 Å². The van der Waals surface area contributed by atoms with Gasteiger partial charge in [0.25, 0.3) is 0 Å². The zero-order valence-corrected chi connectivity index (χ0v) is 22.3. The van der Waals surface area contributed by atoms with E-state index in [4.69, 9.17) is 21.4 Å². The largest absolute Gasteiger partial charge is 0.479 e. The van der Waals surface area contributed by atoms with Gasteiger partial charge >= 0.3 is 18.0 Å². The van der Waals surface area contributed by atoms with Crippen LogP contribution in [0.1, 0.15) is 47.3 Å². The molecule has 0 bridgehead atoms. The third-order valence-electron chi connectivity index (χ3n) is 6.46. The summed E-state index contributed by atoms with van der Waals surface area (Å²) < 4.78 is 5.21. The zero-order valence-electron chi connectivity index (χ0n) is 20.7. The van der Waals surface area contributed by atoms with Crippen molar-refractivity contribution < 1.29 is 29.3 Å². The molecule has 1 aliphatic carbocycles. The lowest BCUT2D eigenvalue weighted by atomic mass is 9.89. The fourth-order valence-electron chi connectivity index (χ4n) is 4.60. The van der Waals surface area contributed by atoms with Crippen molar-refractivity contribution in [1.29, 1.82) is 0 Å². The van der Waals surface area contributed by atoms with Gasteiger partial charge in [0.15, 0.2) is 17.2 Å². The van der Waals surface area contributed by atoms with Crippen LogP contribution in [0.3, 0.4) is 0 Å². The molecular weight excluding hydrogens is 528 g/mol. The van der Waals surface area contributed by atoms with E-state index in [-0.39, 0.29) is 21.7 Å². The minimum atomic E-state index is -1.26. The van der Waals surface area contributed by atoms with Crippen molar-refractivity contribution in [2.75, 3.05) is 18.1 Å². The van der Waals surface area contributed by atoms with Crippen molar-refractivity contribution in [2.24, 2.45) is 5.92 Å². The summed E-state index contributed by atoms with van der Waals surface area (Å²) in [5.74, 6) is -2.30. The zero-order chi connectivity index (χ0) is 27.1. The minimum Gasteiger partial charge on any atom is -0.479 e. The summed E-state index contributed by atoms with van der Waals surface area (Å²) >= 11 is 7.40. The van der Waals surface area contributed by atoms with E-state index in [0.717, 1.165) is 42.6 Å². The number of anilines is 1. The van der Waals surface area contributed by atoms with E-state index in [2.05, 4.69) is 5.32 Å². The first kappa shape index (κ1) is 27.5. The molecule has 1 aromatic heterocycles. The van der Waals surface area contributed by atoms with Crippen LogP contribution >= 0.6 is 22.9 Å².